The quantitative estimate of drug-likeness (QED) is 0.565. The molecule has 0 saturated carbocycles. The maximum Gasteiger partial charge on any atom is 0.344 e. The molecule has 2 aromatic heterocycles. The maximum absolute atomic E-state index is 12.8. The fourth-order valence-electron chi connectivity index (χ4n) is 3.30. The minimum Gasteiger partial charge on any atom is -0.452 e. The fourth-order valence-corrected chi connectivity index (χ4v) is 5.03. The molecule has 1 fully saturated rings. The Labute approximate surface area is 181 Å². The van der Waals surface area contributed by atoms with E-state index in [0.29, 0.717) is 18.7 Å². The molecule has 0 spiro atoms. The van der Waals surface area contributed by atoms with Crippen LogP contribution < -0.4 is 4.74 Å². The van der Waals surface area contributed by atoms with Gasteiger partial charge < -0.3 is 14.4 Å². The molecule has 10 heteroatoms. The largest absolute Gasteiger partial charge is 0.452 e. The van der Waals surface area contributed by atoms with Crippen molar-refractivity contribution in [1.82, 2.24) is 14.9 Å². The zero-order valence-electron chi connectivity index (χ0n) is 17.4. The summed E-state index contributed by atoms with van der Waals surface area (Å²) in [6.07, 6.45) is 4.93. The van der Waals surface area contributed by atoms with Gasteiger partial charge in [0.25, 0.3) is 5.91 Å². The second kappa shape index (κ2) is 9.86. The van der Waals surface area contributed by atoms with Crippen LogP contribution in [-0.2, 0) is 19.4 Å². The molecule has 166 valence electrons. The van der Waals surface area contributed by atoms with E-state index >= 15 is 0 Å². The van der Waals surface area contributed by atoms with E-state index in [0.717, 1.165) is 0 Å². The van der Waals surface area contributed by atoms with Gasteiger partial charge in [0.05, 0.1) is 17.7 Å². The zero-order valence-corrected chi connectivity index (χ0v) is 18.2. The Morgan fingerprint density at radius 1 is 1.23 bits per heavy atom. The van der Waals surface area contributed by atoms with Crippen molar-refractivity contribution in [2.45, 2.75) is 26.3 Å². The molecule has 2 aromatic rings. The molecule has 3 rings (SSSR count). The number of pyridine rings is 2. The third kappa shape index (κ3) is 6.24. The van der Waals surface area contributed by atoms with Gasteiger partial charge in [0.1, 0.15) is 11.3 Å². The summed E-state index contributed by atoms with van der Waals surface area (Å²) >= 11 is 0. The zero-order chi connectivity index (χ0) is 22.4. The lowest BCUT2D eigenvalue weighted by molar-refractivity contribution is -0.137. The maximum atomic E-state index is 12.8. The number of carbonyl (C=O) groups is 2. The topological polar surface area (TPSA) is 116 Å². The van der Waals surface area contributed by atoms with Gasteiger partial charge in [-0.2, -0.15) is 0 Å². The van der Waals surface area contributed by atoms with Gasteiger partial charge >= 0.3 is 5.97 Å². The fraction of sp³-hybridized carbons (Fsp3) is 0.429. The first kappa shape index (κ1) is 22.7. The van der Waals surface area contributed by atoms with Crippen molar-refractivity contribution in [2.75, 3.05) is 24.7 Å². The van der Waals surface area contributed by atoms with Crippen LogP contribution in [-0.4, -0.2) is 65.9 Å². The lowest BCUT2D eigenvalue weighted by atomic mass is 10.1. The molecule has 0 aromatic carbocycles. The monoisotopic (exact) mass is 447 g/mol. The van der Waals surface area contributed by atoms with Crippen molar-refractivity contribution < 1.29 is 27.5 Å². The first-order valence-corrected chi connectivity index (χ1v) is 11.8. The third-order valence-corrected chi connectivity index (χ3v) is 6.45. The van der Waals surface area contributed by atoms with Crippen molar-refractivity contribution in [1.29, 1.82) is 0 Å². The molecule has 1 amide bonds. The molecule has 1 aliphatic heterocycles. The predicted octanol–water partition coefficient (Wildman–Crippen LogP) is 2.10. The molecular weight excluding hydrogens is 422 g/mol. The Morgan fingerprint density at radius 3 is 2.65 bits per heavy atom. The van der Waals surface area contributed by atoms with Crippen molar-refractivity contribution >= 4 is 21.7 Å². The molecule has 1 atom stereocenters. The minimum atomic E-state index is -3.15. The molecule has 0 aliphatic carbocycles. The number of carbonyl (C=O) groups excluding carboxylic acids is 2. The number of aromatic nitrogens is 2. The predicted molar refractivity (Wildman–Crippen MR) is 112 cm³/mol. The highest BCUT2D eigenvalue weighted by molar-refractivity contribution is 7.91. The molecule has 3 heterocycles. The number of esters is 1. The van der Waals surface area contributed by atoms with E-state index in [2.05, 4.69) is 9.97 Å². The Morgan fingerprint density at radius 2 is 2.00 bits per heavy atom. The van der Waals surface area contributed by atoms with E-state index in [-0.39, 0.29) is 28.9 Å². The van der Waals surface area contributed by atoms with Crippen LogP contribution in [0.2, 0.25) is 0 Å². The molecule has 0 radical (unpaired) electrons. The second-order valence-electron chi connectivity index (χ2n) is 7.72. The summed E-state index contributed by atoms with van der Waals surface area (Å²) in [5, 5.41) is 0. The molecule has 1 saturated heterocycles. The van der Waals surface area contributed by atoms with Crippen LogP contribution in [0.15, 0.2) is 42.9 Å². The van der Waals surface area contributed by atoms with Crippen molar-refractivity contribution in [2.24, 2.45) is 5.92 Å². The van der Waals surface area contributed by atoms with Crippen LogP contribution in [0.3, 0.4) is 0 Å². The minimum absolute atomic E-state index is 0.0360. The normalized spacial score (nSPS) is 17.3. The highest BCUT2D eigenvalue weighted by Crippen LogP contribution is 2.23. The van der Waals surface area contributed by atoms with Gasteiger partial charge in [-0.15, -0.1) is 0 Å². The average Bonchev–Trinajstić information content (AvgIpc) is 3.10. The standard InChI is InChI=1S/C21H25N3O6S/c1-15(2)12-24(16-7-10-31(27,28)14-16)19(25)13-29-21(26)18-6-4-9-23-20(18)30-17-5-3-8-22-11-17/h3-6,8-9,11,15-16H,7,10,12-14H2,1-2H3. The second-order valence-corrected chi connectivity index (χ2v) is 9.95. The smallest absolute Gasteiger partial charge is 0.344 e. The van der Waals surface area contributed by atoms with E-state index in [9.17, 15) is 18.0 Å². The summed E-state index contributed by atoms with van der Waals surface area (Å²) in [6, 6.07) is 5.99. The Hall–Kier alpha value is -3.01. The summed E-state index contributed by atoms with van der Waals surface area (Å²) in [6.45, 7) is 3.77. The van der Waals surface area contributed by atoms with E-state index in [1.807, 2.05) is 13.8 Å². The van der Waals surface area contributed by atoms with E-state index in [1.54, 1.807) is 24.4 Å². The van der Waals surface area contributed by atoms with Crippen LogP contribution >= 0.6 is 0 Å². The van der Waals surface area contributed by atoms with E-state index in [1.165, 1.54) is 23.4 Å². The SMILES string of the molecule is CC(C)CN(C(=O)COC(=O)c1cccnc1Oc1cccnc1)C1CCS(=O)(=O)C1. The number of ether oxygens (including phenoxy) is 2. The first-order valence-electron chi connectivity index (χ1n) is 9.95. The highest BCUT2D eigenvalue weighted by atomic mass is 32.2. The van der Waals surface area contributed by atoms with Gasteiger partial charge in [0, 0.05) is 25.0 Å². The molecule has 1 unspecified atom stereocenters. The van der Waals surface area contributed by atoms with E-state index in [4.69, 9.17) is 9.47 Å². The molecule has 31 heavy (non-hydrogen) atoms. The van der Waals surface area contributed by atoms with Crippen molar-refractivity contribution in [3.63, 3.8) is 0 Å². The Balaban J connectivity index is 1.67. The van der Waals surface area contributed by atoms with Gasteiger partial charge in [0.2, 0.25) is 5.88 Å². The van der Waals surface area contributed by atoms with Crippen LogP contribution in [0.1, 0.15) is 30.6 Å². The lowest BCUT2D eigenvalue weighted by Gasteiger charge is -2.29. The molecular formula is C21H25N3O6S. The van der Waals surface area contributed by atoms with Crippen LogP contribution in [0.25, 0.3) is 0 Å². The van der Waals surface area contributed by atoms with Crippen LogP contribution in [0.5, 0.6) is 11.6 Å². The number of hydrogen-bond acceptors (Lipinski definition) is 8. The number of hydrogen-bond donors (Lipinski definition) is 0. The molecule has 9 nitrogen and oxygen atoms in total. The molecule has 0 N–H and O–H groups in total. The van der Waals surface area contributed by atoms with Gasteiger partial charge in [-0.1, -0.05) is 13.8 Å². The van der Waals surface area contributed by atoms with Gasteiger partial charge in [-0.3, -0.25) is 9.78 Å². The Kier molecular flexibility index (Phi) is 7.21. The average molecular weight is 448 g/mol. The van der Waals surface area contributed by atoms with Gasteiger partial charge in [-0.05, 0) is 36.6 Å². The number of sulfone groups is 1. The summed E-state index contributed by atoms with van der Waals surface area (Å²) in [4.78, 5) is 34.9. The first-order chi connectivity index (χ1) is 14.7. The summed E-state index contributed by atoms with van der Waals surface area (Å²) < 4.78 is 34.5. The Bertz CT molecular complexity index is 1030. The summed E-state index contributed by atoms with van der Waals surface area (Å²) in [5.41, 5.74) is 0.0676. The lowest BCUT2D eigenvalue weighted by Crippen LogP contribution is -2.45. The third-order valence-electron chi connectivity index (χ3n) is 4.70. The highest BCUT2D eigenvalue weighted by Gasteiger charge is 2.35. The summed E-state index contributed by atoms with van der Waals surface area (Å²) in [7, 11) is -3.15. The van der Waals surface area contributed by atoms with Crippen LogP contribution in [0.4, 0.5) is 0 Å². The van der Waals surface area contributed by atoms with E-state index < -0.39 is 34.4 Å². The van der Waals surface area contributed by atoms with Crippen molar-refractivity contribution in [3.8, 4) is 11.6 Å². The van der Waals surface area contributed by atoms with Crippen molar-refractivity contribution in [3.05, 3.63) is 48.4 Å². The number of nitrogens with zero attached hydrogens (tertiary/aromatic N) is 3. The summed E-state index contributed by atoms with van der Waals surface area (Å²) in [5.74, 6) is -0.618. The molecule has 1 aliphatic rings. The molecule has 0 bridgehead atoms. The number of rotatable bonds is 8. The van der Waals surface area contributed by atoms with Crippen LogP contribution in [0, 0.1) is 5.92 Å². The van der Waals surface area contributed by atoms with Gasteiger partial charge in [-0.25, -0.2) is 18.2 Å². The number of amides is 1. The van der Waals surface area contributed by atoms with Gasteiger partial charge in [0.15, 0.2) is 16.4 Å².